The Morgan fingerprint density at radius 1 is 1.24 bits per heavy atom. The van der Waals surface area contributed by atoms with E-state index in [2.05, 4.69) is 10.6 Å². The van der Waals surface area contributed by atoms with E-state index < -0.39 is 0 Å². The van der Waals surface area contributed by atoms with Gasteiger partial charge in [-0.1, -0.05) is 43.2 Å². The molecule has 0 bridgehead atoms. The summed E-state index contributed by atoms with van der Waals surface area (Å²) in [6.07, 6.45) is 4.71. The molecule has 0 aromatic heterocycles. The largest absolute Gasteiger partial charge is 0.335 e. The lowest BCUT2D eigenvalue weighted by atomic mass is 10.1. The maximum atomic E-state index is 11.8. The number of nitrogens with one attached hydrogen (secondary N) is 2. The molecule has 2 N–H and O–H groups in total. The first-order valence-corrected chi connectivity index (χ1v) is 6.37. The third kappa shape index (κ3) is 3.48. The Hall–Kier alpha value is -1.51. The Kier molecular flexibility index (Phi) is 4.02. The van der Waals surface area contributed by atoms with E-state index >= 15 is 0 Å². The molecule has 0 aliphatic heterocycles. The second-order valence-corrected chi connectivity index (χ2v) is 4.73. The van der Waals surface area contributed by atoms with Gasteiger partial charge in [0, 0.05) is 6.04 Å². The van der Waals surface area contributed by atoms with Crippen molar-refractivity contribution in [1.29, 1.82) is 0 Å². The van der Waals surface area contributed by atoms with Crippen molar-refractivity contribution in [2.24, 2.45) is 0 Å². The zero-order valence-corrected chi connectivity index (χ0v) is 10.3. The smallest absolute Gasteiger partial charge is 0.315 e. The molecule has 0 spiro atoms. The van der Waals surface area contributed by atoms with Crippen molar-refractivity contribution in [3.63, 3.8) is 0 Å². The maximum absolute atomic E-state index is 11.8. The Bertz CT molecular complexity index is 358. The lowest BCUT2D eigenvalue weighted by Gasteiger charge is -2.17. The predicted molar refractivity (Wildman–Crippen MR) is 68.8 cm³/mol. The topological polar surface area (TPSA) is 41.1 Å². The second-order valence-electron chi connectivity index (χ2n) is 4.73. The summed E-state index contributed by atoms with van der Waals surface area (Å²) in [6.45, 7) is 2.00. The molecule has 1 aliphatic carbocycles. The molecule has 0 saturated heterocycles. The molecule has 1 fully saturated rings. The van der Waals surface area contributed by atoms with Gasteiger partial charge in [0.15, 0.2) is 0 Å². The van der Waals surface area contributed by atoms with Crippen LogP contribution >= 0.6 is 0 Å². The molecule has 1 saturated carbocycles. The molecule has 0 heterocycles. The van der Waals surface area contributed by atoms with Crippen LogP contribution in [0.15, 0.2) is 30.3 Å². The summed E-state index contributed by atoms with van der Waals surface area (Å²) in [5.41, 5.74) is 1.13. The minimum atomic E-state index is -0.0479. The van der Waals surface area contributed by atoms with E-state index in [1.807, 2.05) is 37.3 Å². The fourth-order valence-electron chi connectivity index (χ4n) is 2.32. The van der Waals surface area contributed by atoms with Crippen LogP contribution in [0.4, 0.5) is 4.79 Å². The quantitative estimate of drug-likeness (QED) is 0.826. The summed E-state index contributed by atoms with van der Waals surface area (Å²) >= 11 is 0. The Labute approximate surface area is 103 Å². The Balaban J connectivity index is 1.81. The van der Waals surface area contributed by atoms with Gasteiger partial charge in [-0.2, -0.15) is 0 Å². The first-order valence-electron chi connectivity index (χ1n) is 6.37. The third-order valence-corrected chi connectivity index (χ3v) is 3.34. The van der Waals surface area contributed by atoms with Crippen LogP contribution < -0.4 is 10.6 Å². The zero-order valence-electron chi connectivity index (χ0n) is 10.3. The minimum absolute atomic E-state index is 0.0479. The number of urea groups is 1. The number of hydrogen-bond donors (Lipinski definition) is 2. The van der Waals surface area contributed by atoms with Gasteiger partial charge < -0.3 is 10.6 Å². The van der Waals surface area contributed by atoms with Crippen LogP contribution in [0.3, 0.4) is 0 Å². The second kappa shape index (κ2) is 5.71. The van der Waals surface area contributed by atoms with Gasteiger partial charge in [-0.05, 0) is 25.3 Å². The average Bonchev–Trinajstić information content (AvgIpc) is 2.82. The molecular formula is C14H20N2O. The van der Waals surface area contributed by atoms with Crippen molar-refractivity contribution in [3.8, 4) is 0 Å². The monoisotopic (exact) mass is 232 g/mol. The van der Waals surface area contributed by atoms with Crippen molar-refractivity contribution >= 4 is 6.03 Å². The SMILES string of the molecule is C[C@H](NC(=O)NC1CCCC1)c1ccccc1. The molecule has 1 aromatic carbocycles. The average molecular weight is 232 g/mol. The molecule has 0 radical (unpaired) electrons. The van der Waals surface area contributed by atoms with Crippen LogP contribution in [-0.2, 0) is 0 Å². The first-order chi connectivity index (χ1) is 8.25. The molecule has 2 rings (SSSR count). The number of carbonyl (C=O) groups is 1. The summed E-state index contributed by atoms with van der Waals surface area (Å²) in [5.74, 6) is 0. The van der Waals surface area contributed by atoms with Crippen molar-refractivity contribution < 1.29 is 4.79 Å². The van der Waals surface area contributed by atoms with Gasteiger partial charge in [-0.15, -0.1) is 0 Å². The van der Waals surface area contributed by atoms with Crippen molar-refractivity contribution in [2.45, 2.75) is 44.7 Å². The summed E-state index contributed by atoms with van der Waals surface area (Å²) in [6, 6.07) is 10.4. The molecule has 17 heavy (non-hydrogen) atoms. The zero-order chi connectivity index (χ0) is 12.1. The Morgan fingerprint density at radius 2 is 1.88 bits per heavy atom. The molecule has 3 heteroatoms. The van der Waals surface area contributed by atoms with E-state index in [4.69, 9.17) is 0 Å². The van der Waals surface area contributed by atoms with E-state index in [0.29, 0.717) is 6.04 Å². The van der Waals surface area contributed by atoms with E-state index in [1.165, 1.54) is 12.8 Å². The standard InChI is InChI=1S/C14H20N2O/c1-11(12-7-3-2-4-8-12)15-14(17)16-13-9-5-6-10-13/h2-4,7-8,11,13H,5-6,9-10H2,1H3,(H2,15,16,17)/t11-/m0/s1. The molecule has 3 nitrogen and oxygen atoms in total. The van der Waals surface area contributed by atoms with Crippen LogP contribution in [0.25, 0.3) is 0 Å². The summed E-state index contributed by atoms with van der Waals surface area (Å²) < 4.78 is 0. The first kappa shape index (κ1) is 12.0. The molecule has 2 amide bonds. The highest BCUT2D eigenvalue weighted by molar-refractivity contribution is 5.74. The lowest BCUT2D eigenvalue weighted by molar-refractivity contribution is 0.234. The van der Waals surface area contributed by atoms with Gasteiger partial charge in [0.05, 0.1) is 6.04 Å². The molecule has 1 atom stereocenters. The van der Waals surface area contributed by atoms with Gasteiger partial charge in [-0.3, -0.25) is 0 Å². The third-order valence-electron chi connectivity index (χ3n) is 3.34. The molecular weight excluding hydrogens is 212 g/mol. The van der Waals surface area contributed by atoms with E-state index in [9.17, 15) is 4.79 Å². The summed E-state index contributed by atoms with van der Waals surface area (Å²) in [4.78, 5) is 11.8. The maximum Gasteiger partial charge on any atom is 0.315 e. The highest BCUT2D eigenvalue weighted by Crippen LogP contribution is 2.17. The number of hydrogen-bond acceptors (Lipinski definition) is 1. The highest BCUT2D eigenvalue weighted by atomic mass is 16.2. The molecule has 1 aromatic rings. The van der Waals surface area contributed by atoms with Crippen LogP contribution in [0.2, 0.25) is 0 Å². The van der Waals surface area contributed by atoms with Gasteiger partial charge in [0.25, 0.3) is 0 Å². The Morgan fingerprint density at radius 3 is 2.53 bits per heavy atom. The van der Waals surface area contributed by atoms with E-state index in [0.717, 1.165) is 18.4 Å². The van der Waals surface area contributed by atoms with Crippen LogP contribution in [0, 0.1) is 0 Å². The fraction of sp³-hybridized carbons (Fsp3) is 0.500. The number of benzene rings is 1. The van der Waals surface area contributed by atoms with Gasteiger partial charge in [0.2, 0.25) is 0 Å². The van der Waals surface area contributed by atoms with Crippen LogP contribution in [-0.4, -0.2) is 12.1 Å². The van der Waals surface area contributed by atoms with Crippen LogP contribution in [0.1, 0.15) is 44.2 Å². The number of rotatable bonds is 3. The van der Waals surface area contributed by atoms with E-state index in [-0.39, 0.29) is 12.1 Å². The fourth-order valence-corrected chi connectivity index (χ4v) is 2.32. The highest BCUT2D eigenvalue weighted by Gasteiger charge is 2.17. The summed E-state index contributed by atoms with van der Waals surface area (Å²) in [7, 11) is 0. The molecule has 92 valence electrons. The molecule has 1 aliphatic rings. The van der Waals surface area contributed by atoms with E-state index in [1.54, 1.807) is 0 Å². The van der Waals surface area contributed by atoms with Crippen molar-refractivity contribution in [1.82, 2.24) is 10.6 Å². The molecule has 0 unspecified atom stereocenters. The number of carbonyl (C=O) groups excluding carboxylic acids is 1. The minimum Gasteiger partial charge on any atom is -0.335 e. The van der Waals surface area contributed by atoms with Crippen molar-refractivity contribution in [3.05, 3.63) is 35.9 Å². The lowest BCUT2D eigenvalue weighted by Crippen LogP contribution is -2.41. The number of amides is 2. The van der Waals surface area contributed by atoms with Gasteiger partial charge in [0.1, 0.15) is 0 Å². The summed E-state index contributed by atoms with van der Waals surface area (Å²) in [5, 5.41) is 6.00. The normalized spacial score (nSPS) is 17.7. The van der Waals surface area contributed by atoms with Gasteiger partial charge in [-0.25, -0.2) is 4.79 Å². The van der Waals surface area contributed by atoms with Crippen LogP contribution in [0.5, 0.6) is 0 Å². The van der Waals surface area contributed by atoms with Crippen molar-refractivity contribution in [2.75, 3.05) is 0 Å². The van der Waals surface area contributed by atoms with Gasteiger partial charge >= 0.3 is 6.03 Å². The predicted octanol–water partition coefficient (Wildman–Crippen LogP) is 2.99.